The third-order valence-electron chi connectivity index (χ3n) is 5.28. The Hall–Kier alpha value is -3.00. The summed E-state index contributed by atoms with van der Waals surface area (Å²) in [7, 11) is 0. The molecule has 0 N–H and O–H groups in total. The van der Waals surface area contributed by atoms with Crippen molar-refractivity contribution in [1.82, 2.24) is 39.0 Å². The van der Waals surface area contributed by atoms with Crippen LogP contribution >= 0.6 is 11.6 Å². The highest BCUT2D eigenvalue weighted by Crippen LogP contribution is 2.46. The van der Waals surface area contributed by atoms with Gasteiger partial charge < -0.3 is 0 Å². The van der Waals surface area contributed by atoms with Gasteiger partial charge in [-0.2, -0.15) is 4.68 Å². The summed E-state index contributed by atoms with van der Waals surface area (Å²) >= 11 is 6.35. The van der Waals surface area contributed by atoms with Gasteiger partial charge in [-0.1, -0.05) is 24.3 Å². The molecule has 4 aromatic heterocycles. The molecule has 0 atom stereocenters. The van der Waals surface area contributed by atoms with Crippen molar-refractivity contribution in [3.8, 4) is 5.95 Å². The van der Waals surface area contributed by atoms with Gasteiger partial charge in [0.25, 0.3) is 5.95 Å². The number of fused-ring (bicyclic) bond motifs is 6. The Bertz CT molecular complexity index is 1320. The number of para-hydroxylation sites is 1. The number of halogens is 1. The zero-order valence-electron chi connectivity index (χ0n) is 13.8. The molecule has 1 saturated carbocycles. The van der Waals surface area contributed by atoms with Crippen LogP contribution in [-0.2, 0) is 5.41 Å². The maximum atomic E-state index is 6.35. The van der Waals surface area contributed by atoms with Crippen LogP contribution in [0.3, 0.4) is 0 Å². The van der Waals surface area contributed by atoms with E-state index >= 15 is 0 Å². The lowest BCUT2D eigenvalue weighted by molar-refractivity contribution is 0.723. The van der Waals surface area contributed by atoms with Crippen molar-refractivity contribution in [2.24, 2.45) is 0 Å². The van der Waals surface area contributed by atoms with Crippen molar-refractivity contribution in [1.29, 1.82) is 0 Å². The molecular formula is C17H13ClN8. The van der Waals surface area contributed by atoms with E-state index in [1.807, 2.05) is 39.3 Å². The quantitative estimate of drug-likeness (QED) is 0.481. The summed E-state index contributed by atoms with van der Waals surface area (Å²) in [5.41, 5.74) is 3.56. The molecule has 1 aliphatic carbocycles. The van der Waals surface area contributed by atoms with Gasteiger partial charge in [0.1, 0.15) is 5.65 Å². The van der Waals surface area contributed by atoms with E-state index < -0.39 is 0 Å². The highest BCUT2D eigenvalue weighted by atomic mass is 35.5. The van der Waals surface area contributed by atoms with Crippen LogP contribution in [0.5, 0.6) is 0 Å². The van der Waals surface area contributed by atoms with Crippen LogP contribution in [0, 0.1) is 0 Å². The summed E-state index contributed by atoms with van der Waals surface area (Å²) in [6, 6.07) is 7.92. The molecule has 0 bridgehead atoms. The lowest BCUT2D eigenvalue weighted by Gasteiger charge is -2.07. The van der Waals surface area contributed by atoms with Crippen LogP contribution in [0.4, 0.5) is 0 Å². The molecule has 0 unspecified atom stereocenters. The molecule has 4 heterocycles. The predicted molar refractivity (Wildman–Crippen MR) is 95.8 cm³/mol. The molecule has 0 radical (unpaired) electrons. The van der Waals surface area contributed by atoms with Gasteiger partial charge >= 0.3 is 0 Å². The van der Waals surface area contributed by atoms with Crippen LogP contribution in [0.1, 0.15) is 25.5 Å². The maximum Gasteiger partial charge on any atom is 0.259 e. The van der Waals surface area contributed by atoms with Crippen molar-refractivity contribution >= 4 is 33.8 Å². The van der Waals surface area contributed by atoms with Crippen LogP contribution < -0.4 is 0 Å². The second kappa shape index (κ2) is 4.59. The fraction of sp³-hybridized carbons (Fsp3) is 0.235. The van der Waals surface area contributed by atoms with Gasteiger partial charge in [-0.3, -0.25) is 4.40 Å². The summed E-state index contributed by atoms with van der Waals surface area (Å²) in [5.74, 6) is 0.565. The van der Waals surface area contributed by atoms with Crippen LogP contribution in [-0.4, -0.2) is 39.0 Å². The number of nitrogens with zero attached hydrogens (tertiary/aromatic N) is 8. The summed E-state index contributed by atoms with van der Waals surface area (Å²) in [4.78, 5) is 4.27. The first kappa shape index (κ1) is 14.2. The van der Waals surface area contributed by atoms with E-state index in [1.54, 1.807) is 10.9 Å². The SMILES string of the molecule is CC1(c2cn(-c3nnc4c5ccccc5n5c(Cl)ncc5n34)nn2)CC1. The Morgan fingerprint density at radius 3 is 2.77 bits per heavy atom. The van der Waals surface area contributed by atoms with E-state index in [2.05, 4.69) is 32.4 Å². The molecule has 0 saturated heterocycles. The lowest BCUT2D eigenvalue weighted by atomic mass is 10.1. The van der Waals surface area contributed by atoms with Crippen molar-refractivity contribution in [2.75, 3.05) is 0 Å². The molecule has 1 fully saturated rings. The number of hydrogen-bond donors (Lipinski definition) is 0. The molecule has 1 aliphatic rings. The average Bonchev–Trinajstić information content (AvgIpc) is 3.06. The molecule has 5 aromatic rings. The first-order valence-electron chi connectivity index (χ1n) is 8.38. The third kappa shape index (κ3) is 1.71. The Morgan fingerprint density at radius 1 is 1.08 bits per heavy atom. The van der Waals surface area contributed by atoms with E-state index in [0.717, 1.165) is 40.7 Å². The van der Waals surface area contributed by atoms with Crippen molar-refractivity contribution in [3.63, 3.8) is 0 Å². The average molecular weight is 365 g/mol. The number of benzene rings is 1. The van der Waals surface area contributed by atoms with Gasteiger partial charge in [0.15, 0.2) is 5.65 Å². The highest BCUT2D eigenvalue weighted by molar-refractivity contribution is 6.29. The Balaban J connectivity index is 1.72. The molecule has 26 heavy (non-hydrogen) atoms. The lowest BCUT2D eigenvalue weighted by Crippen LogP contribution is -2.05. The van der Waals surface area contributed by atoms with E-state index in [-0.39, 0.29) is 5.41 Å². The smallest absolute Gasteiger partial charge is 0.259 e. The largest absolute Gasteiger partial charge is 0.268 e. The van der Waals surface area contributed by atoms with E-state index in [1.165, 1.54) is 0 Å². The standard InChI is InChI=1S/C17H13ClN8/c1-17(6-7-17)12-9-24(23-20-12)16-22-21-14-10-4-2-3-5-11(10)25-13(26(14)16)8-19-15(25)18/h2-5,8-9H,6-7H2,1H3. The highest BCUT2D eigenvalue weighted by Gasteiger charge is 2.42. The van der Waals surface area contributed by atoms with Crippen molar-refractivity contribution < 1.29 is 0 Å². The van der Waals surface area contributed by atoms with Gasteiger partial charge in [-0.15, -0.1) is 15.3 Å². The minimum absolute atomic E-state index is 0.140. The minimum Gasteiger partial charge on any atom is -0.268 e. The van der Waals surface area contributed by atoms with Crippen LogP contribution in [0.25, 0.3) is 28.1 Å². The number of rotatable bonds is 2. The molecule has 128 valence electrons. The van der Waals surface area contributed by atoms with Gasteiger partial charge in [-0.05, 0) is 36.6 Å². The summed E-state index contributed by atoms with van der Waals surface area (Å²) < 4.78 is 5.47. The first-order chi connectivity index (χ1) is 12.7. The molecule has 0 aliphatic heterocycles. The monoisotopic (exact) mass is 364 g/mol. The van der Waals surface area contributed by atoms with Gasteiger partial charge in [0.05, 0.1) is 23.6 Å². The van der Waals surface area contributed by atoms with E-state index in [0.29, 0.717) is 11.2 Å². The Labute approximate surface area is 152 Å². The van der Waals surface area contributed by atoms with Crippen molar-refractivity contribution in [3.05, 3.63) is 47.6 Å². The predicted octanol–water partition coefficient (Wildman–Crippen LogP) is 2.82. The fourth-order valence-electron chi connectivity index (χ4n) is 3.45. The van der Waals surface area contributed by atoms with E-state index in [9.17, 15) is 0 Å². The van der Waals surface area contributed by atoms with Crippen molar-refractivity contribution in [2.45, 2.75) is 25.2 Å². The first-order valence-corrected chi connectivity index (χ1v) is 8.75. The molecule has 9 heteroatoms. The summed E-state index contributed by atoms with van der Waals surface area (Å²) in [6.45, 7) is 2.20. The summed E-state index contributed by atoms with van der Waals surface area (Å²) in [6.07, 6.45) is 5.93. The molecule has 0 spiro atoms. The zero-order valence-corrected chi connectivity index (χ0v) is 14.6. The van der Waals surface area contributed by atoms with Crippen LogP contribution in [0.15, 0.2) is 36.7 Å². The fourth-order valence-corrected chi connectivity index (χ4v) is 3.68. The zero-order chi connectivity index (χ0) is 17.5. The molecular weight excluding hydrogens is 352 g/mol. The van der Waals surface area contributed by atoms with Gasteiger partial charge in [-0.25, -0.2) is 9.38 Å². The molecule has 1 aromatic carbocycles. The van der Waals surface area contributed by atoms with Gasteiger partial charge in [0, 0.05) is 10.8 Å². The van der Waals surface area contributed by atoms with Crippen LogP contribution in [0.2, 0.25) is 5.28 Å². The van der Waals surface area contributed by atoms with E-state index in [4.69, 9.17) is 11.6 Å². The minimum atomic E-state index is 0.140. The number of imidazole rings is 1. The number of aromatic nitrogens is 8. The topological polar surface area (TPSA) is 78.2 Å². The maximum absolute atomic E-state index is 6.35. The molecule has 6 rings (SSSR count). The number of hydrogen-bond acceptors (Lipinski definition) is 5. The van der Waals surface area contributed by atoms with Gasteiger partial charge in [0.2, 0.25) is 5.28 Å². The normalized spacial score (nSPS) is 16.1. The summed E-state index contributed by atoms with van der Waals surface area (Å²) in [5, 5.41) is 18.8. The second-order valence-electron chi connectivity index (χ2n) is 7.01. The Morgan fingerprint density at radius 2 is 1.92 bits per heavy atom. The third-order valence-corrected chi connectivity index (χ3v) is 5.54. The molecule has 8 nitrogen and oxygen atoms in total. The second-order valence-corrected chi connectivity index (χ2v) is 7.34. The molecule has 0 amide bonds. The Kier molecular flexibility index (Phi) is 2.50.